The van der Waals surface area contributed by atoms with Crippen LogP contribution in [-0.4, -0.2) is 17.5 Å². The fourth-order valence-electron chi connectivity index (χ4n) is 2.81. The van der Waals surface area contributed by atoms with Gasteiger partial charge in [0.25, 0.3) is 5.91 Å². The van der Waals surface area contributed by atoms with Gasteiger partial charge in [-0.3, -0.25) is 9.59 Å². The number of rotatable bonds is 5. The number of benzene rings is 3. The molecule has 0 unspecified atom stereocenters. The summed E-state index contributed by atoms with van der Waals surface area (Å²) in [6.07, 6.45) is 0.101. The average molecular weight is 359 g/mol. The van der Waals surface area contributed by atoms with Gasteiger partial charge in [-0.25, -0.2) is 5.43 Å². The van der Waals surface area contributed by atoms with Gasteiger partial charge in [0.05, 0.1) is 6.42 Å². The number of aryl methyl sites for hydroxylation is 1. The fourth-order valence-corrected chi connectivity index (χ4v) is 2.81. The molecule has 0 spiro atoms. The number of carbonyl (C=O) groups is 2. The molecule has 27 heavy (non-hydrogen) atoms. The van der Waals surface area contributed by atoms with Crippen molar-refractivity contribution in [3.63, 3.8) is 0 Å². The summed E-state index contributed by atoms with van der Waals surface area (Å²) in [5.41, 5.74) is 5.38. The Morgan fingerprint density at radius 1 is 0.926 bits per heavy atom. The maximum absolute atomic E-state index is 12.5. The SMILES string of the molecule is C/C(CC(=O)Nc1ccccc1C)=N\NC(=O)c1cccc2ccccc12. The summed E-state index contributed by atoms with van der Waals surface area (Å²) in [7, 11) is 0. The third kappa shape index (κ3) is 4.58. The predicted molar refractivity (Wildman–Crippen MR) is 109 cm³/mol. The van der Waals surface area contributed by atoms with Crippen molar-refractivity contribution in [2.45, 2.75) is 20.3 Å². The number of fused-ring (bicyclic) bond motifs is 1. The van der Waals surface area contributed by atoms with Crippen molar-refractivity contribution < 1.29 is 9.59 Å². The Morgan fingerprint density at radius 2 is 1.63 bits per heavy atom. The molecular formula is C22H21N3O2. The molecule has 0 saturated heterocycles. The van der Waals surface area contributed by atoms with Crippen LogP contribution in [0.15, 0.2) is 71.8 Å². The van der Waals surface area contributed by atoms with Crippen molar-refractivity contribution in [2.24, 2.45) is 5.10 Å². The third-order valence-corrected chi connectivity index (χ3v) is 4.22. The van der Waals surface area contributed by atoms with Crippen LogP contribution in [0.25, 0.3) is 10.8 Å². The summed E-state index contributed by atoms with van der Waals surface area (Å²) in [6.45, 7) is 3.64. The molecule has 0 atom stereocenters. The van der Waals surface area contributed by atoms with Crippen molar-refractivity contribution in [2.75, 3.05) is 5.32 Å². The highest BCUT2D eigenvalue weighted by Crippen LogP contribution is 2.18. The molecule has 0 radical (unpaired) electrons. The molecular weight excluding hydrogens is 338 g/mol. The zero-order valence-corrected chi connectivity index (χ0v) is 15.3. The third-order valence-electron chi connectivity index (χ3n) is 4.22. The standard InChI is InChI=1S/C22H21N3O2/c1-15-8-3-6-13-20(15)23-21(26)14-16(2)24-25-22(27)19-12-7-10-17-9-4-5-11-18(17)19/h3-13H,14H2,1-2H3,(H,23,26)(H,25,27)/b24-16+. The lowest BCUT2D eigenvalue weighted by atomic mass is 10.0. The van der Waals surface area contributed by atoms with Crippen LogP contribution < -0.4 is 10.7 Å². The molecule has 0 aliphatic heterocycles. The van der Waals surface area contributed by atoms with Crippen molar-refractivity contribution in [1.29, 1.82) is 0 Å². The Kier molecular flexibility index (Phi) is 5.61. The van der Waals surface area contributed by atoms with Crippen LogP contribution in [0.1, 0.15) is 29.3 Å². The molecule has 0 aliphatic carbocycles. The first-order chi connectivity index (χ1) is 13.0. The molecule has 0 fully saturated rings. The molecule has 3 rings (SSSR count). The monoisotopic (exact) mass is 359 g/mol. The number of carbonyl (C=O) groups excluding carboxylic acids is 2. The van der Waals surface area contributed by atoms with Crippen molar-refractivity contribution in [3.8, 4) is 0 Å². The van der Waals surface area contributed by atoms with Gasteiger partial charge < -0.3 is 5.32 Å². The van der Waals surface area contributed by atoms with E-state index in [1.165, 1.54) is 0 Å². The number of hydrazone groups is 1. The second-order valence-corrected chi connectivity index (χ2v) is 6.35. The van der Waals surface area contributed by atoms with Crippen LogP contribution in [0.5, 0.6) is 0 Å². The topological polar surface area (TPSA) is 70.6 Å². The number of amides is 2. The smallest absolute Gasteiger partial charge is 0.271 e. The Bertz CT molecular complexity index is 1020. The number of nitrogens with one attached hydrogen (secondary N) is 2. The number of hydrogen-bond donors (Lipinski definition) is 2. The zero-order chi connectivity index (χ0) is 19.2. The summed E-state index contributed by atoms with van der Waals surface area (Å²) in [5.74, 6) is -0.476. The molecule has 0 aromatic heterocycles. The Labute approximate surface area is 158 Å². The van der Waals surface area contributed by atoms with E-state index in [9.17, 15) is 9.59 Å². The minimum atomic E-state index is -0.300. The Morgan fingerprint density at radius 3 is 2.44 bits per heavy atom. The molecule has 0 saturated carbocycles. The summed E-state index contributed by atoms with van der Waals surface area (Å²) in [5, 5.41) is 8.77. The molecule has 0 aliphatic rings. The van der Waals surface area contributed by atoms with Crippen LogP contribution in [0.2, 0.25) is 0 Å². The Balaban J connectivity index is 1.64. The molecule has 0 heterocycles. The number of anilines is 1. The second-order valence-electron chi connectivity index (χ2n) is 6.35. The molecule has 136 valence electrons. The van der Waals surface area contributed by atoms with E-state index < -0.39 is 0 Å². The van der Waals surface area contributed by atoms with Gasteiger partial charge >= 0.3 is 0 Å². The van der Waals surface area contributed by atoms with E-state index >= 15 is 0 Å². The summed E-state index contributed by atoms with van der Waals surface area (Å²) in [6, 6.07) is 20.8. The summed E-state index contributed by atoms with van der Waals surface area (Å²) < 4.78 is 0. The van der Waals surface area contributed by atoms with Crippen LogP contribution in [-0.2, 0) is 4.79 Å². The maximum atomic E-state index is 12.5. The largest absolute Gasteiger partial charge is 0.326 e. The molecule has 5 nitrogen and oxygen atoms in total. The van der Waals surface area contributed by atoms with Gasteiger partial charge in [-0.15, -0.1) is 0 Å². The highest BCUT2D eigenvalue weighted by Gasteiger charge is 2.10. The lowest BCUT2D eigenvalue weighted by Gasteiger charge is -2.08. The molecule has 5 heteroatoms. The molecule has 2 amide bonds. The van der Waals surface area contributed by atoms with Gasteiger partial charge in [0.15, 0.2) is 0 Å². The highest BCUT2D eigenvalue weighted by molar-refractivity contribution is 6.08. The van der Waals surface area contributed by atoms with Crippen molar-refractivity contribution in [3.05, 3.63) is 77.9 Å². The fraction of sp³-hybridized carbons (Fsp3) is 0.136. The lowest BCUT2D eigenvalue weighted by molar-refractivity contribution is -0.115. The average Bonchev–Trinajstić information content (AvgIpc) is 2.67. The lowest BCUT2D eigenvalue weighted by Crippen LogP contribution is -2.21. The first-order valence-corrected chi connectivity index (χ1v) is 8.71. The molecule has 0 bridgehead atoms. The van der Waals surface area contributed by atoms with Gasteiger partial charge in [-0.2, -0.15) is 5.10 Å². The van der Waals surface area contributed by atoms with E-state index in [0.29, 0.717) is 11.3 Å². The van der Waals surface area contributed by atoms with Gasteiger partial charge in [0.2, 0.25) is 5.91 Å². The second kappa shape index (κ2) is 8.27. The maximum Gasteiger partial charge on any atom is 0.271 e. The zero-order valence-electron chi connectivity index (χ0n) is 15.3. The van der Waals surface area contributed by atoms with E-state index in [1.54, 1.807) is 13.0 Å². The summed E-state index contributed by atoms with van der Waals surface area (Å²) in [4.78, 5) is 24.6. The Hall–Kier alpha value is -3.47. The van der Waals surface area contributed by atoms with E-state index in [2.05, 4.69) is 15.8 Å². The van der Waals surface area contributed by atoms with Crippen LogP contribution >= 0.6 is 0 Å². The number of hydrogen-bond acceptors (Lipinski definition) is 3. The van der Waals surface area contributed by atoms with E-state index in [0.717, 1.165) is 22.0 Å². The summed E-state index contributed by atoms with van der Waals surface area (Å²) >= 11 is 0. The predicted octanol–water partition coefficient (Wildman–Crippen LogP) is 4.28. The quantitative estimate of drug-likeness (QED) is 0.527. The van der Waals surface area contributed by atoms with Gasteiger partial charge in [-0.05, 0) is 42.3 Å². The molecule has 3 aromatic carbocycles. The number of nitrogens with zero attached hydrogens (tertiary/aromatic N) is 1. The van der Waals surface area contributed by atoms with E-state index in [4.69, 9.17) is 0 Å². The van der Waals surface area contributed by atoms with Crippen molar-refractivity contribution in [1.82, 2.24) is 5.43 Å². The van der Waals surface area contributed by atoms with E-state index in [-0.39, 0.29) is 18.2 Å². The first-order valence-electron chi connectivity index (χ1n) is 8.71. The molecule has 3 aromatic rings. The van der Waals surface area contributed by atoms with Crippen LogP contribution in [0, 0.1) is 6.92 Å². The highest BCUT2D eigenvalue weighted by atomic mass is 16.2. The minimum absolute atomic E-state index is 0.101. The van der Waals surface area contributed by atoms with Gasteiger partial charge in [0, 0.05) is 17.0 Å². The minimum Gasteiger partial charge on any atom is -0.326 e. The normalized spacial score (nSPS) is 11.3. The molecule has 2 N–H and O–H groups in total. The number of para-hydroxylation sites is 1. The first kappa shape index (κ1) is 18.3. The van der Waals surface area contributed by atoms with Crippen LogP contribution in [0.4, 0.5) is 5.69 Å². The van der Waals surface area contributed by atoms with Gasteiger partial charge in [0.1, 0.15) is 0 Å². The van der Waals surface area contributed by atoms with Crippen LogP contribution in [0.3, 0.4) is 0 Å². The van der Waals surface area contributed by atoms with Gasteiger partial charge in [-0.1, -0.05) is 54.6 Å². The van der Waals surface area contributed by atoms with E-state index in [1.807, 2.05) is 67.6 Å². The van der Waals surface area contributed by atoms with Crippen molar-refractivity contribution >= 4 is 34.0 Å².